The molecule has 0 saturated carbocycles. The molecule has 5 nitrogen and oxygen atoms in total. The van der Waals surface area contributed by atoms with Crippen LogP contribution in [-0.4, -0.2) is 9.97 Å². The molecule has 18 heavy (non-hydrogen) atoms. The SMILES string of the molecule is NNc1ncc(F)c(Nc2ccc(F)c(Br)c2)n1. The Balaban J connectivity index is 2.30. The minimum atomic E-state index is -0.644. The Morgan fingerprint density at radius 3 is 2.67 bits per heavy atom. The highest BCUT2D eigenvalue weighted by molar-refractivity contribution is 9.10. The maximum atomic E-state index is 13.4. The van der Waals surface area contributed by atoms with Crippen molar-refractivity contribution in [2.24, 2.45) is 5.84 Å². The Bertz CT molecular complexity index is 578. The van der Waals surface area contributed by atoms with Gasteiger partial charge in [-0.25, -0.2) is 19.6 Å². The zero-order chi connectivity index (χ0) is 13.1. The van der Waals surface area contributed by atoms with E-state index in [1.54, 1.807) is 0 Å². The first-order valence-corrected chi connectivity index (χ1v) is 5.60. The largest absolute Gasteiger partial charge is 0.338 e. The summed E-state index contributed by atoms with van der Waals surface area (Å²) in [4.78, 5) is 7.39. The van der Waals surface area contributed by atoms with Gasteiger partial charge < -0.3 is 5.32 Å². The highest BCUT2D eigenvalue weighted by Gasteiger charge is 2.08. The molecule has 1 aromatic heterocycles. The Morgan fingerprint density at radius 2 is 2.00 bits per heavy atom. The lowest BCUT2D eigenvalue weighted by Crippen LogP contribution is -2.12. The van der Waals surface area contributed by atoms with Gasteiger partial charge >= 0.3 is 0 Å². The molecule has 0 radical (unpaired) electrons. The number of nitrogens with one attached hydrogen (secondary N) is 2. The predicted octanol–water partition coefficient (Wildman–Crippen LogP) is 2.55. The van der Waals surface area contributed by atoms with Crippen LogP contribution >= 0.6 is 15.9 Å². The van der Waals surface area contributed by atoms with Gasteiger partial charge in [-0.05, 0) is 34.1 Å². The standard InChI is InChI=1S/C10H8BrF2N5/c11-6-3-5(1-2-7(6)12)16-9-8(13)4-15-10(17-9)18-14/h1-4H,14H2,(H2,15,16,17,18). The Labute approximate surface area is 110 Å². The summed E-state index contributed by atoms with van der Waals surface area (Å²) >= 11 is 3.03. The summed E-state index contributed by atoms with van der Waals surface area (Å²) < 4.78 is 26.7. The first-order chi connectivity index (χ1) is 8.60. The van der Waals surface area contributed by atoms with Crippen LogP contribution in [0.4, 0.5) is 26.2 Å². The second-order valence-electron chi connectivity index (χ2n) is 3.29. The summed E-state index contributed by atoms with van der Waals surface area (Å²) in [5.41, 5.74) is 2.68. The van der Waals surface area contributed by atoms with Crippen molar-refractivity contribution in [1.82, 2.24) is 9.97 Å². The fourth-order valence-corrected chi connectivity index (χ4v) is 1.61. The van der Waals surface area contributed by atoms with E-state index < -0.39 is 11.6 Å². The van der Waals surface area contributed by atoms with Gasteiger partial charge in [0.25, 0.3) is 0 Å². The summed E-state index contributed by atoms with van der Waals surface area (Å²) in [6.07, 6.45) is 0.975. The lowest BCUT2D eigenvalue weighted by molar-refractivity contribution is 0.618. The molecule has 0 bridgehead atoms. The van der Waals surface area contributed by atoms with E-state index in [9.17, 15) is 8.78 Å². The van der Waals surface area contributed by atoms with E-state index in [4.69, 9.17) is 5.84 Å². The zero-order valence-electron chi connectivity index (χ0n) is 8.92. The van der Waals surface area contributed by atoms with Crippen molar-refractivity contribution in [3.63, 3.8) is 0 Å². The van der Waals surface area contributed by atoms with Gasteiger partial charge in [0, 0.05) is 5.69 Å². The molecule has 4 N–H and O–H groups in total. The molecule has 0 aliphatic rings. The maximum absolute atomic E-state index is 13.4. The van der Waals surface area contributed by atoms with Gasteiger partial charge in [0.15, 0.2) is 11.6 Å². The number of nitrogens with two attached hydrogens (primary N) is 1. The molecule has 0 amide bonds. The van der Waals surface area contributed by atoms with Crippen LogP contribution in [0.3, 0.4) is 0 Å². The minimum absolute atomic E-state index is 0.0588. The van der Waals surface area contributed by atoms with Crippen molar-refractivity contribution >= 4 is 33.4 Å². The second-order valence-corrected chi connectivity index (χ2v) is 4.14. The fraction of sp³-hybridized carbons (Fsp3) is 0. The summed E-state index contributed by atoms with van der Waals surface area (Å²) in [6, 6.07) is 4.16. The summed E-state index contributed by atoms with van der Waals surface area (Å²) in [7, 11) is 0. The number of nitrogens with zero attached hydrogens (tertiary/aromatic N) is 2. The molecule has 2 aromatic rings. The normalized spacial score (nSPS) is 10.2. The number of nitrogen functional groups attached to an aromatic ring is 1. The van der Waals surface area contributed by atoms with Gasteiger partial charge in [0.05, 0.1) is 10.7 Å². The summed E-state index contributed by atoms with van der Waals surface area (Å²) in [5.74, 6) is 4.08. The molecular formula is C10H8BrF2N5. The predicted molar refractivity (Wildman–Crippen MR) is 67.2 cm³/mol. The number of hydrazine groups is 1. The van der Waals surface area contributed by atoms with E-state index in [-0.39, 0.29) is 16.2 Å². The number of hydrogen-bond acceptors (Lipinski definition) is 5. The molecule has 0 aliphatic carbocycles. The average Bonchev–Trinajstić information content (AvgIpc) is 2.36. The van der Waals surface area contributed by atoms with E-state index in [1.165, 1.54) is 18.2 Å². The monoisotopic (exact) mass is 315 g/mol. The van der Waals surface area contributed by atoms with Crippen LogP contribution in [0.1, 0.15) is 0 Å². The number of halogens is 3. The van der Waals surface area contributed by atoms with Crippen molar-refractivity contribution in [1.29, 1.82) is 0 Å². The van der Waals surface area contributed by atoms with Crippen molar-refractivity contribution in [2.45, 2.75) is 0 Å². The van der Waals surface area contributed by atoms with Crippen LogP contribution in [0, 0.1) is 11.6 Å². The number of anilines is 3. The van der Waals surface area contributed by atoms with Crippen LogP contribution in [0.2, 0.25) is 0 Å². The first kappa shape index (κ1) is 12.7. The Hall–Kier alpha value is -1.80. The van der Waals surface area contributed by atoms with Gasteiger partial charge in [-0.3, -0.25) is 5.43 Å². The smallest absolute Gasteiger partial charge is 0.239 e. The van der Waals surface area contributed by atoms with E-state index >= 15 is 0 Å². The van der Waals surface area contributed by atoms with Crippen LogP contribution in [0.25, 0.3) is 0 Å². The topological polar surface area (TPSA) is 75.9 Å². The third-order valence-electron chi connectivity index (χ3n) is 2.06. The molecule has 0 spiro atoms. The van der Waals surface area contributed by atoms with E-state index in [0.29, 0.717) is 5.69 Å². The molecule has 0 aliphatic heterocycles. The third-order valence-corrected chi connectivity index (χ3v) is 2.66. The molecule has 94 valence electrons. The third kappa shape index (κ3) is 2.71. The lowest BCUT2D eigenvalue weighted by Gasteiger charge is -2.08. The molecule has 0 atom stereocenters. The highest BCUT2D eigenvalue weighted by Crippen LogP contribution is 2.23. The van der Waals surface area contributed by atoms with Crippen LogP contribution in [0.5, 0.6) is 0 Å². The molecular weight excluding hydrogens is 308 g/mol. The molecule has 8 heteroatoms. The van der Waals surface area contributed by atoms with Crippen LogP contribution in [-0.2, 0) is 0 Å². The quantitative estimate of drug-likeness (QED) is 0.599. The molecule has 1 heterocycles. The summed E-state index contributed by atoms with van der Waals surface area (Å²) in [6.45, 7) is 0. The lowest BCUT2D eigenvalue weighted by atomic mass is 10.3. The zero-order valence-corrected chi connectivity index (χ0v) is 10.5. The molecule has 2 rings (SSSR count). The summed E-state index contributed by atoms with van der Waals surface area (Å²) in [5, 5.41) is 2.70. The van der Waals surface area contributed by atoms with E-state index in [1.807, 2.05) is 0 Å². The van der Waals surface area contributed by atoms with Gasteiger partial charge in [0.2, 0.25) is 5.95 Å². The highest BCUT2D eigenvalue weighted by atomic mass is 79.9. The van der Waals surface area contributed by atoms with Gasteiger partial charge in [0.1, 0.15) is 5.82 Å². The fourth-order valence-electron chi connectivity index (χ4n) is 1.23. The maximum Gasteiger partial charge on any atom is 0.239 e. The van der Waals surface area contributed by atoms with Gasteiger partial charge in [-0.1, -0.05) is 0 Å². The van der Waals surface area contributed by atoms with Crippen molar-refractivity contribution in [3.05, 3.63) is 40.5 Å². The van der Waals surface area contributed by atoms with E-state index in [0.717, 1.165) is 6.20 Å². The second kappa shape index (κ2) is 5.23. The van der Waals surface area contributed by atoms with Gasteiger partial charge in [-0.15, -0.1) is 0 Å². The molecule has 1 aromatic carbocycles. The van der Waals surface area contributed by atoms with Crippen molar-refractivity contribution in [3.8, 4) is 0 Å². The Morgan fingerprint density at radius 1 is 1.22 bits per heavy atom. The first-order valence-electron chi connectivity index (χ1n) is 4.81. The van der Waals surface area contributed by atoms with E-state index in [2.05, 4.69) is 36.6 Å². The van der Waals surface area contributed by atoms with Crippen molar-refractivity contribution in [2.75, 3.05) is 10.7 Å². The number of aromatic nitrogens is 2. The average molecular weight is 316 g/mol. The van der Waals surface area contributed by atoms with Crippen LogP contribution in [0.15, 0.2) is 28.9 Å². The van der Waals surface area contributed by atoms with Crippen molar-refractivity contribution < 1.29 is 8.78 Å². The minimum Gasteiger partial charge on any atom is -0.338 e. The number of hydrogen-bond donors (Lipinski definition) is 3. The molecule has 0 fully saturated rings. The van der Waals surface area contributed by atoms with Crippen LogP contribution < -0.4 is 16.6 Å². The molecule has 0 unspecified atom stereocenters. The van der Waals surface area contributed by atoms with Gasteiger partial charge in [-0.2, -0.15) is 4.98 Å². The Kier molecular flexibility index (Phi) is 3.68. The number of benzene rings is 1. The number of rotatable bonds is 3. The molecule has 0 saturated heterocycles.